The molecule has 0 radical (unpaired) electrons. The van der Waals surface area contributed by atoms with Crippen LogP contribution in [0.4, 0.5) is 0 Å². The van der Waals surface area contributed by atoms with Gasteiger partial charge in [0.15, 0.2) is 0 Å². The Morgan fingerprint density at radius 2 is 1.69 bits per heavy atom. The van der Waals surface area contributed by atoms with E-state index in [1.165, 1.54) is 25.7 Å². The van der Waals surface area contributed by atoms with Gasteiger partial charge in [0.1, 0.15) is 11.4 Å². The highest BCUT2D eigenvalue weighted by Gasteiger charge is 2.12. The van der Waals surface area contributed by atoms with Crippen molar-refractivity contribution >= 4 is 21.9 Å². The SMILES string of the molecule is CCCCCCC(CCCC)OC(=O)CBr. The molecule has 0 N–H and O–H groups in total. The molecule has 0 saturated heterocycles. The summed E-state index contributed by atoms with van der Waals surface area (Å²) >= 11 is 3.13. The predicted octanol–water partition coefficient (Wildman–Crippen LogP) is 4.45. The van der Waals surface area contributed by atoms with Crippen molar-refractivity contribution in [3.8, 4) is 0 Å². The van der Waals surface area contributed by atoms with Crippen molar-refractivity contribution in [2.45, 2.75) is 71.3 Å². The first-order chi connectivity index (χ1) is 7.74. The van der Waals surface area contributed by atoms with Gasteiger partial charge in [0.25, 0.3) is 0 Å². The quantitative estimate of drug-likeness (QED) is 0.338. The van der Waals surface area contributed by atoms with Crippen LogP contribution in [0.2, 0.25) is 0 Å². The molecule has 0 aliphatic rings. The van der Waals surface area contributed by atoms with Crippen molar-refractivity contribution < 1.29 is 9.53 Å². The number of unbranched alkanes of at least 4 members (excludes halogenated alkanes) is 4. The maximum absolute atomic E-state index is 11.2. The third kappa shape index (κ3) is 9.20. The van der Waals surface area contributed by atoms with Gasteiger partial charge in [0.05, 0.1) is 0 Å². The molecule has 96 valence electrons. The first-order valence-electron chi connectivity index (χ1n) is 6.50. The van der Waals surface area contributed by atoms with Gasteiger partial charge in [-0.25, -0.2) is 0 Å². The molecule has 0 aromatic rings. The van der Waals surface area contributed by atoms with Gasteiger partial charge in [0, 0.05) is 0 Å². The zero-order valence-corrected chi connectivity index (χ0v) is 12.2. The van der Waals surface area contributed by atoms with Crippen molar-refractivity contribution in [1.82, 2.24) is 0 Å². The summed E-state index contributed by atoms with van der Waals surface area (Å²) in [7, 11) is 0. The number of hydrogen-bond donors (Lipinski definition) is 0. The summed E-state index contributed by atoms with van der Waals surface area (Å²) < 4.78 is 5.40. The summed E-state index contributed by atoms with van der Waals surface area (Å²) in [5.74, 6) is -0.128. The third-order valence-electron chi connectivity index (χ3n) is 2.67. The maximum Gasteiger partial charge on any atom is 0.316 e. The lowest BCUT2D eigenvalue weighted by molar-refractivity contribution is -0.146. The Labute approximate surface area is 108 Å². The number of esters is 1. The molecule has 0 spiro atoms. The van der Waals surface area contributed by atoms with Crippen LogP contribution in [0.1, 0.15) is 65.2 Å². The molecule has 0 aliphatic heterocycles. The van der Waals surface area contributed by atoms with Crippen LogP contribution in [0.5, 0.6) is 0 Å². The zero-order chi connectivity index (χ0) is 12.2. The number of rotatable bonds is 10. The van der Waals surface area contributed by atoms with Crippen LogP contribution in [0.25, 0.3) is 0 Å². The Hall–Kier alpha value is -0.0500. The van der Waals surface area contributed by atoms with E-state index in [4.69, 9.17) is 4.74 Å². The van der Waals surface area contributed by atoms with Gasteiger partial charge in [-0.2, -0.15) is 0 Å². The summed E-state index contributed by atoms with van der Waals surface area (Å²) in [5, 5.41) is 0.310. The molecule has 1 atom stereocenters. The topological polar surface area (TPSA) is 26.3 Å². The highest BCUT2D eigenvalue weighted by molar-refractivity contribution is 9.09. The van der Waals surface area contributed by atoms with Gasteiger partial charge in [-0.05, 0) is 19.3 Å². The van der Waals surface area contributed by atoms with Crippen molar-refractivity contribution in [2.75, 3.05) is 5.33 Å². The molecular formula is C13H25BrO2. The van der Waals surface area contributed by atoms with E-state index in [0.29, 0.717) is 5.33 Å². The molecule has 3 heteroatoms. The normalized spacial score (nSPS) is 12.4. The molecule has 0 aliphatic carbocycles. The Morgan fingerprint density at radius 3 is 2.25 bits per heavy atom. The zero-order valence-electron chi connectivity index (χ0n) is 10.6. The summed E-state index contributed by atoms with van der Waals surface area (Å²) in [6, 6.07) is 0. The summed E-state index contributed by atoms with van der Waals surface area (Å²) in [6.45, 7) is 4.37. The number of alkyl halides is 1. The Morgan fingerprint density at radius 1 is 1.06 bits per heavy atom. The van der Waals surface area contributed by atoms with Crippen LogP contribution in [0, 0.1) is 0 Å². The van der Waals surface area contributed by atoms with Gasteiger partial charge >= 0.3 is 5.97 Å². The number of carbonyl (C=O) groups excluding carboxylic acids is 1. The lowest BCUT2D eigenvalue weighted by atomic mass is 10.0. The van der Waals surface area contributed by atoms with E-state index in [1.54, 1.807) is 0 Å². The second kappa shape index (κ2) is 11.4. The molecule has 1 unspecified atom stereocenters. The first-order valence-corrected chi connectivity index (χ1v) is 7.62. The van der Waals surface area contributed by atoms with Gasteiger partial charge in [-0.1, -0.05) is 61.9 Å². The fourth-order valence-corrected chi connectivity index (χ4v) is 1.84. The molecular weight excluding hydrogens is 268 g/mol. The fourth-order valence-electron chi connectivity index (χ4n) is 1.71. The van der Waals surface area contributed by atoms with Gasteiger partial charge in [-0.3, -0.25) is 4.79 Å². The van der Waals surface area contributed by atoms with Crippen LogP contribution < -0.4 is 0 Å². The molecule has 0 fully saturated rings. The Kier molecular flexibility index (Phi) is 11.4. The van der Waals surface area contributed by atoms with E-state index in [0.717, 1.165) is 25.7 Å². The molecule has 16 heavy (non-hydrogen) atoms. The van der Waals surface area contributed by atoms with Gasteiger partial charge in [-0.15, -0.1) is 0 Å². The molecule has 2 nitrogen and oxygen atoms in total. The average Bonchev–Trinajstić information content (AvgIpc) is 2.30. The van der Waals surface area contributed by atoms with Crippen molar-refractivity contribution in [3.63, 3.8) is 0 Å². The van der Waals surface area contributed by atoms with Gasteiger partial charge < -0.3 is 4.74 Å². The van der Waals surface area contributed by atoms with E-state index in [9.17, 15) is 4.79 Å². The van der Waals surface area contributed by atoms with E-state index in [2.05, 4.69) is 29.8 Å². The lowest BCUT2D eigenvalue weighted by Gasteiger charge is -2.17. The third-order valence-corrected chi connectivity index (χ3v) is 3.12. The minimum absolute atomic E-state index is 0.128. The lowest BCUT2D eigenvalue weighted by Crippen LogP contribution is -2.19. The van der Waals surface area contributed by atoms with Crippen LogP contribution in [0.15, 0.2) is 0 Å². The smallest absolute Gasteiger partial charge is 0.316 e. The second-order valence-electron chi connectivity index (χ2n) is 4.24. The molecule has 0 aromatic heterocycles. The molecule has 0 heterocycles. The fraction of sp³-hybridized carbons (Fsp3) is 0.923. The summed E-state index contributed by atoms with van der Waals surface area (Å²) in [5.41, 5.74) is 0. The van der Waals surface area contributed by atoms with Crippen LogP contribution >= 0.6 is 15.9 Å². The Balaban J connectivity index is 3.75. The first kappa shape index (κ1) is 16.0. The number of ether oxygens (including phenoxy) is 1. The molecule has 0 aromatic carbocycles. The monoisotopic (exact) mass is 292 g/mol. The summed E-state index contributed by atoms with van der Waals surface area (Å²) in [6.07, 6.45) is 9.46. The highest BCUT2D eigenvalue weighted by atomic mass is 79.9. The molecule has 0 rings (SSSR count). The number of halogens is 1. The van der Waals surface area contributed by atoms with Crippen molar-refractivity contribution in [3.05, 3.63) is 0 Å². The van der Waals surface area contributed by atoms with Crippen molar-refractivity contribution in [1.29, 1.82) is 0 Å². The largest absolute Gasteiger partial charge is 0.462 e. The maximum atomic E-state index is 11.2. The van der Waals surface area contributed by atoms with Crippen molar-refractivity contribution in [2.24, 2.45) is 0 Å². The van der Waals surface area contributed by atoms with E-state index >= 15 is 0 Å². The minimum atomic E-state index is -0.128. The van der Waals surface area contributed by atoms with Crippen LogP contribution in [-0.2, 0) is 9.53 Å². The second-order valence-corrected chi connectivity index (χ2v) is 4.80. The highest BCUT2D eigenvalue weighted by Crippen LogP contribution is 2.14. The number of hydrogen-bond acceptors (Lipinski definition) is 2. The van der Waals surface area contributed by atoms with E-state index in [1.807, 2.05) is 0 Å². The molecule has 0 saturated carbocycles. The van der Waals surface area contributed by atoms with Gasteiger partial charge in [0.2, 0.25) is 0 Å². The Bertz CT molecular complexity index is 171. The number of carbonyl (C=O) groups is 1. The molecule has 0 amide bonds. The standard InChI is InChI=1S/C13H25BrO2/c1-3-5-7-8-10-12(9-6-4-2)16-13(15)11-14/h12H,3-11H2,1-2H3. The van der Waals surface area contributed by atoms with Crippen LogP contribution in [-0.4, -0.2) is 17.4 Å². The predicted molar refractivity (Wildman–Crippen MR) is 72.0 cm³/mol. The average molecular weight is 293 g/mol. The van der Waals surface area contributed by atoms with Crippen LogP contribution in [0.3, 0.4) is 0 Å². The summed E-state index contributed by atoms with van der Waals surface area (Å²) in [4.78, 5) is 11.2. The van der Waals surface area contributed by atoms with E-state index < -0.39 is 0 Å². The molecule has 0 bridgehead atoms. The minimum Gasteiger partial charge on any atom is -0.462 e. The van der Waals surface area contributed by atoms with E-state index in [-0.39, 0.29) is 12.1 Å².